The molecule has 2 aromatic heterocycles. The molecule has 3 rings (SSSR count). The third kappa shape index (κ3) is 4.71. The predicted molar refractivity (Wildman–Crippen MR) is 91.7 cm³/mol. The monoisotopic (exact) mass is 340 g/mol. The van der Waals surface area contributed by atoms with Gasteiger partial charge in [-0.3, -0.25) is 4.68 Å². The van der Waals surface area contributed by atoms with Gasteiger partial charge in [0.25, 0.3) is 0 Å². The second kappa shape index (κ2) is 8.16. The lowest BCUT2D eigenvalue weighted by Gasteiger charge is -2.13. The summed E-state index contributed by atoms with van der Waals surface area (Å²) in [7, 11) is 0. The number of aliphatic hydroxyl groups excluding tert-OH is 1. The Labute approximate surface area is 145 Å². The average molecular weight is 340 g/mol. The smallest absolute Gasteiger partial charge is 0.315 e. The van der Waals surface area contributed by atoms with Crippen molar-refractivity contribution in [3.8, 4) is 0 Å². The summed E-state index contributed by atoms with van der Waals surface area (Å²) in [6.07, 6.45) is 4.24. The Balaban J connectivity index is 1.50. The van der Waals surface area contributed by atoms with Crippen molar-refractivity contribution in [2.45, 2.75) is 19.2 Å². The van der Waals surface area contributed by atoms with Crippen molar-refractivity contribution in [1.82, 2.24) is 20.4 Å². The van der Waals surface area contributed by atoms with Crippen molar-refractivity contribution in [2.24, 2.45) is 0 Å². The van der Waals surface area contributed by atoms with Gasteiger partial charge in [-0.2, -0.15) is 5.10 Å². The Bertz CT molecular complexity index is 785. The number of amides is 2. The first kappa shape index (κ1) is 16.8. The van der Waals surface area contributed by atoms with E-state index in [0.29, 0.717) is 18.8 Å². The molecule has 0 aliphatic rings. The highest BCUT2D eigenvalue weighted by atomic mass is 16.4. The number of carbonyl (C=O) groups excluding carboxylic acids is 1. The van der Waals surface area contributed by atoms with Crippen LogP contribution in [0.15, 0.2) is 65.5 Å². The second-order valence-corrected chi connectivity index (χ2v) is 5.57. The van der Waals surface area contributed by atoms with Crippen molar-refractivity contribution in [2.75, 3.05) is 6.54 Å². The zero-order valence-corrected chi connectivity index (χ0v) is 13.6. The molecule has 0 saturated heterocycles. The Morgan fingerprint density at radius 3 is 2.72 bits per heavy atom. The Hall–Kier alpha value is -3.06. The van der Waals surface area contributed by atoms with Crippen LogP contribution in [-0.4, -0.2) is 27.5 Å². The number of benzene rings is 1. The first-order chi connectivity index (χ1) is 12.2. The van der Waals surface area contributed by atoms with Crippen molar-refractivity contribution in [1.29, 1.82) is 0 Å². The fourth-order valence-corrected chi connectivity index (χ4v) is 2.46. The summed E-state index contributed by atoms with van der Waals surface area (Å²) in [6, 6.07) is 12.8. The van der Waals surface area contributed by atoms with Gasteiger partial charge in [0.15, 0.2) is 0 Å². The minimum atomic E-state index is -0.868. The zero-order chi connectivity index (χ0) is 17.5. The van der Waals surface area contributed by atoms with Gasteiger partial charge in [-0.25, -0.2) is 4.79 Å². The summed E-state index contributed by atoms with van der Waals surface area (Å²) in [5, 5.41) is 19.5. The third-order valence-electron chi connectivity index (χ3n) is 3.78. The largest absolute Gasteiger partial charge is 0.467 e. The number of nitrogens with zero attached hydrogens (tertiary/aromatic N) is 2. The van der Waals surface area contributed by atoms with E-state index in [4.69, 9.17) is 4.42 Å². The summed E-state index contributed by atoms with van der Waals surface area (Å²) < 4.78 is 6.92. The van der Waals surface area contributed by atoms with Gasteiger partial charge in [0.1, 0.15) is 11.9 Å². The number of nitrogens with one attached hydrogen (secondary N) is 2. The Kier molecular flexibility index (Phi) is 5.48. The maximum absolute atomic E-state index is 11.9. The van der Waals surface area contributed by atoms with Crippen LogP contribution >= 0.6 is 0 Å². The zero-order valence-electron chi connectivity index (χ0n) is 13.6. The number of hydrogen-bond donors (Lipinski definition) is 3. The van der Waals surface area contributed by atoms with Crippen LogP contribution in [0.5, 0.6) is 0 Å². The molecule has 130 valence electrons. The average Bonchev–Trinajstić information content (AvgIpc) is 3.32. The molecule has 2 heterocycles. The van der Waals surface area contributed by atoms with Crippen LogP contribution in [-0.2, 0) is 13.1 Å². The normalized spacial score (nSPS) is 11.9. The van der Waals surface area contributed by atoms with E-state index in [9.17, 15) is 9.90 Å². The van der Waals surface area contributed by atoms with Crippen molar-refractivity contribution in [3.63, 3.8) is 0 Å². The molecule has 7 nitrogen and oxygen atoms in total. The topological polar surface area (TPSA) is 92.3 Å². The fraction of sp³-hybridized carbons (Fsp3) is 0.222. The lowest BCUT2D eigenvalue weighted by atomic mass is 10.1. The molecular weight excluding hydrogens is 320 g/mol. The van der Waals surface area contributed by atoms with Crippen molar-refractivity contribution < 1.29 is 14.3 Å². The SMILES string of the molecule is O=C(NCc1ccccc1Cn1cccn1)NCC(O)c1ccco1. The predicted octanol–water partition coefficient (Wildman–Crippen LogP) is 2.06. The molecule has 7 heteroatoms. The third-order valence-corrected chi connectivity index (χ3v) is 3.78. The quantitative estimate of drug-likeness (QED) is 0.614. The standard InChI is InChI=1S/C18H20N4O3/c23-16(17-7-3-10-25-17)12-20-18(24)19-11-14-5-1-2-6-15(14)13-22-9-4-8-21-22/h1-10,16,23H,11-13H2,(H2,19,20,24). The van der Waals surface area contributed by atoms with Crippen LogP contribution in [0.2, 0.25) is 0 Å². The maximum Gasteiger partial charge on any atom is 0.315 e. The molecule has 0 fully saturated rings. The highest BCUT2D eigenvalue weighted by Gasteiger charge is 2.12. The van der Waals surface area contributed by atoms with Crippen LogP contribution in [0, 0.1) is 0 Å². The van der Waals surface area contributed by atoms with Gasteiger partial charge in [-0.05, 0) is 29.3 Å². The minimum absolute atomic E-state index is 0.0777. The second-order valence-electron chi connectivity index (χ2n) is 5.57. The number of rotatable bonds is 7. The van der Waals surface area contributed by atoms with Gasteiger partial charge in [0.2, 0.25) is 0 Å². The number of urea groups is 1. The van der Waals surface area contributed by atoms with Gasteiger partial charge in [-0.1, -0.05) is 24.3 Å². The van der Waals surface area contributed by atoms with Gasteiger partial charge in [0, 0.05) is 18.9 Å². The lowest BCUT2D eigenvalue weighted by Crippen LogP contribution is -2.37. The lowest BCUT2D eigenvalue weighted by molar-refractivity contribution is 0.148. The molecule has 25 heavy (non-hydrogen) atoms. The maximum atomic E-state index is 11.9. The number of aliphatic hydroxyl groups is 1. The molecule has 3 aromatic rings. The van der Waals surface area contributed by atoms with E-state index in [0.717, 1.165) is 11.1 Å². The van der Waals surface area contributed by atoms with Crippen LogP contribution in [0.4, 0.5) is 4.79 Å². The van der Waals surface area contributed by atoms with Gasteiger partial charge < -0.3 is 20.2 Å². The molecular formula is C18H20N4O3. The highest BCUT2D eigenvalue weighted by molar-refractivity contribution is 5.73. The molecule has 0 aliphatic carbocycles. The number of carbonyl (C=O) groups is 1. The molecule has 1 atom stereocenters. The van der Waals surface area contributed by atoms with Crippen molar-refractivity contribution >= 4 is 6.03 Å². The molecule has 0 radical (unpaired) electrons. The fourth-order valence-electron chi connectivity index (χ4n) is 2.46. The van der Waals surface area contributed by atoms with Crippen LogP contribution in [0.1, 0.15) is 23.0 Å². The van der Waals surface area contributed by atoms with E-state index >= 15 is 0 Å². The molecule has 0 saturated carbocycles. The molecule has 0 aliphatic heterocycles. The van der Waals surface area contributed by atoms with Gasteiger partial charge in [0.05, 0.1) is 19.4 Å². The van der Waals surface area contributed by atoms with E-state index < -0.39 is 6.10 Å². The summed E-state index contributed by atoms with van der Waals surface area (Å²) in [6.45, 7) is 1.11. The molecule has 3 N–H and O–H groups in total. The van der Waals surface area contributed by atoms with Crippen molar-refractivity contribution in [3.05, 3.63) is 78.0 Å². The molecule has 0 spiro atoms. The van der Waals surface area contributed by atoms with Crippen LogP contribution < -0.4 is 10.6 Å². The van der Waals surface area contributed by atoms with E-state index in [1.165, 1.54) is 6.26 Å². The first-order valence-corrected chi connectivity index (χ1v) is 8.00. The summed E-state index contributed by atoms with van der Waals surface area (Å²) in [5.74, 6) is 0.421. The minimum Gasteiger partial charge on any atom is -0.467 e. The number of aromatic nitrogens is 2. The van der Waals surface area contributed by atoms with E-state index in [-0.39, 0.29) is 12.6 Å². The molecule has 0 bridgehead atoms. The molecule has 2 amide bonds. The molecule has 1 aromatic carbocycles. The van der Waals surface area contributed by atoms with Gasteiger partial charge >= 0.3 is 6.03 Å². The van der Waals surface area contributed by atoms with E-state index in [1.54, 1.807) is 18.3 Å². The highest BCUT2D eigenvalue weighted by Crippen LogP contribution is 2.12. The Morgan fingerprint density at radius 2 is 2.00 bits per heavy atom. The van der Waals surface area contributed by atoms with Crippen LogP contribution in [0.3, 0.4) is 0 Å². The van der Waals surface area contributed by atoms with Gasteiger partial charge in [-0.15, -0.1) is 0 Å². The molecule has 1 unspecified atom stereocenters. The first-order valence-electron chi connectivity index (χ1n) is 8.00. The number of hydrogen-bond acceptors (Lipinski definition) is 4. The number of furan rings is 1. The van der Waals surface area contributed by atoms with Crippen LogP contribution in [0.25, 0.3) is 0 Å². The summed E-state index contributed by atoms with van der Waals surface area (Å²) in [5.41, 5.74) is 2.10. The van der Waals surface area contributed by atoms with E-state index in [1.807, 2.05) is 41.2 Å². The van der Waals surface area contributed by atoms with E-state index in [2.05, 4.69) is 15.7 Å². The summed E-state index contributed by atoms with van der Waals surface area (Å²) in [4.78, 5) is 11.9. The summed E-state index contributed by atoms with van der Waals surface area (Å²) >= 11 is 0. The Morgan fingerprint density at radius 1 is 1.16 bits per heavy atom.